The molecule has 6 nitrogen and oxygen atoms in total. The largest absolute Gasteiger partial charge is 0.484 e. The first-order valence-corrected chi connectivity index (χ1v) is 12.3. The molecule has 0 aliphatic carbocycles. The molecule has 2 N–H and O–H groups in total. The van der Waals surface area contributed by atoms with Crippen molar-refractivity contribution in [3.63, 3.8) is 0 Å². The molecular formula is C26H30N2O4S. The lowest BCUT2D eigenvalue weighted by molar-refractivity contribution is -0.123. The molecule has 0 heterocycles. The summed E-state index contributed by atoms with van der Waals surface area (Å²) in [6, 6.07) is 19.4. The predicted octanol–water partition coefficient (Wildman–Crippen LogP) is 4.35. The Labute approximate surface area is 196 Å². The minimum absolute atomic E-state index is 0.133. The Balaban J connectivity index is 1.53. The van der Waals surface area contributed by atoms with Crippen molar-refractivity contribution in [2.45, 2.75) is 45.2 Å². The van der Waals surface area contributed by atoms with E-state index in [1.165, 1.54) is 23.3 Å². The molecule has 0 unspecified atom stereocenters. The quantitative estimate of drug-likeness (QED) is 0.491. The standard InChI is InChI=1S/C26H30N2O4S/c1-18-14-20(3)25(15-19(18)2)21(4)28-26(29)17-32-23-10-12-24(13-11-23)33(30,31)27-16-22-8-6-5-7-9-22/h5-15,21,27H,16-17H2,1-4H3,(H,28,29)/t21-/m0/s1. The Morgan fingerprint density at radius 2 is 1.55 bits per heavy atom. The van der Waals surface area contributed by atoms with Crippen LogP contribution in [0.4, 0.5) is 0 Å². The number of rotatable bonds is 9. The summed E-state index contributed by atoms with van der Waals surface area (Å²) in [5.74, 6) is 0.170. The van der Waals surface area contributed by atoms with Gasteiger partial charge in [-0.1, -0.05) is 42.5 Å². The number of aryl methyl sites for hydroxylation is 3. The molecule has 1 amide bonds. The second-order valence-electron chi connectivity index (χ2n) is 8.15. The van der Waals surface area contributed by atoms with Crippen LogP contribution in [-0.4, -0.2) is 20.9 Å². The van der Waals surface area contributed by atoms with Crippen LogP contribution in [0, 0.1) is 20.8 Å². The van der Waals surface area contributed by atoms with Crippen LogP contribution in [0.5, 0.6) is 5.75 Å². The van der Waals surface area contributed by atoms with E-state index in [9.17, 15) is 13.2 Å². The van der Waals surface area contributed by atoms with Crippen molar-refractivity contribution in [3.8, 4) is 5.75 Å². The topological polar surface area (TPSA) is 84.5 Å². The summed E-state index contributed by atoms with van der Waals surface area (Å²) in [6.07, 6.45) is 0. The number of hydrogen-bond acceptors (Lipinski definition) is 4. The number of benzene rings is 3. The second kappa shape index (κ2) is 10.6. The van der Waals surface area contributed by atoms with E-state index in [1.54, 1.807) is 12.1 Å². The van der Waals surface area contributed by atoms with Crippen LogP contribution >= 0.6 is 0 Å². The summed E-state index contributed by atoms with van der Waals surface area (Å²) in [4.78, 5) is 12.5. The molecule has 0 aliphatic rings. The third-order valence-corrected chi connectivity index (χ3v) is 6.96. The number of amides is 1. The Morgan fingerprint density at radius 3 is 2.21 bits per heavy atom. The molecule has 0 aliphatic heterocycles. The molecule has 7 heteroatoms. The van der Waals surface area contributed by atoms with E-state index < -0.39 is 10.0 Å². The molecule has 0 bridgehead atoms. The molecule has 0 saturated carbocycles. The van der Waals surface area contributed by atoms with Gasteiger partial charge < -0.3 is 10.1 Å². The highest BCUT2D eigenvalue weighted by Gasteiger charge is 2.15. The van der Waals surface area contributed by atoms with Gasteiger partial charge in [0, 0.05) is 6.54 Å². The number of carbonyl (C=O) groups excluding carboxylic acids is 1. The second-order valence-corrected chi connectivity index (χ2v) is 9.92. The summed E-state index contributed by atoms with van der Waals surface area (Å²) < 4.78 is 33.1. The van der Waals surface area contributed by atoms with Crippen LogP contribution in [0.2, 0.25) is 0 Å². The van der Waals surface area contributed by atoms with Crippen molar-refractivity contribution in [1.82, 2.24) is 10.0 Å². The van der Waals surface area contributed by atoms with E-state index in [-0.39, 0.29) is 30.0 Å². The first-order chi connectivity index (χ1) is 15.7. The van der Waals surface area contributed by atoms with Crippen molar-refractivity contribution in [1.29, 1.82) is 0 Å². The van der Waals surface area contributed by atoms with Gasteiger partial charge in [-0.2, -0.15) is 0 Å². The van der Waals surface area contributed by atoms with Crippen LogP contribution in [0.25, 0.3) is 0 Å². The Bertz CT molecular complexity index is 1210. The van der Waals surface area contributed by atoms with Crippen LogP contribution in [0.1, 0.15) is 40.8 Å². The van der Waals surface area contributed by atoms with Crippen molar-refractivity contribution in [3.05, 3.63) is 94.5 Å². The number of hydrogen-bond donors (Lipinski definition) is 2. The summed E-state index contributed by atoms with van der Waals surface area (Å²) in [6.45, 7) is 8.14. The number of sulfonamides is 1. The lowest BCUT2D eigenvalue weighted by atomic mass is 9.96. The van der Waals surface area contributed by atoms with Gasteiger partial charge in [0.25, 0.3) is 5.91 Å². The Hall–Kier alpha value is -3.16. The van der Waals surface area contributed by atoms with E-state index >= 15 is 0 Å². The SMILES string of the molecule is Cc1cc(C)c([C@H](C)NC(=O)COc2ccc(S(=O)(=O)NCc3ccccc3)cc2)cc1C. The lowest BCUT2D eigenvalue weighted by Crippen LogP contribution is -2.31. The highest BCUT2D eigenvalue weighted by Crippen LogP contribution is 2.22. The predicted molar refractivity (Wildman–Crippen MR) is 130 cm³/mol. The van der Waals surface area contributed by atoms with Crippen molar-refractivity contribution >= 4 is 15.9 Å². The molecular weight excluding hydrogens is 436 g/mol. The van der Waals surface area contributed by atoms with Gasteiger partial charge in [-0.3, -0.25) is 4.79 Å². The van der Waals surface area contributed by atoms with Gasteiger partial charge in [0.05, 0.1) is 10.9 Å². The molecule has 1 atom stereocenters. The fraction of sp³-hybridized carbons (Fsp3) is 0.269. The highest BCUT2D eigenvalue weighted by atomic mass is 32.2. The van der Waals surface area contributed by atoms with Crippen LogP contribution in [0.15, 0.2) is 71.6 Å². The normalized spacial score (nSPS) is 12.2. The fourth-order valence-electron chi connectivity index (χ4n) is 3.53. The molecule has 3 rings (SSSR count). The van der Waals surface area contributed by atoms with E-state index in [1.807, 2.05) is 44.2 Å². The summed E-state index contributed by atoms with van der Waals surface area (Å²) in [5, 5.41) is 2.95. The van der Waals surface area contributed by atoms with Crippen molar-refractivity contribution < 1.29 is 17.9 Å². The maximum Gasteiger partial charge on any atom is 0.258 e. The molecule has 0 aromatic heterocycles. The van der Waals surface area contributed by atoms with Crippen LogP contribution in [-0.2, 0) is 21.4 Å². The molecule has 0 fully saturated rings. The zero-order valence-corrected chi connectivity index (χ0v) is 20.2. The van der Waals surface area contributed by atoms with Gasteiger partial charge >= 0.3 is 0 Å². The number of carbonyl (C=O) groups is 1. The third kappa shape index (κ3) is 6.66. The van der Waals surface area contributed by atoms with E-state index in [2.05, 4.69) is 36.0 Å². The molecule has 0 spiro atoms. The zero-order valence-electron chi connectivity index (χ0n) is 19.4. The van der Waals surface area contributed by atoms with Crippen LogP contribution < -0.4 is 14.8 Å². The van der Waals surface area contributed by atoms with E-state index in [0.717, 1.165) is 16.7 Å². The van der Waals surface area contributed by atoms with Gasteiger partial charge in [0.2, 0.25) is 10.0 Å². The van der Waals surface area contributed by atoms with Crippen molar-refractivity contribution in [2.75, 3.05) is 6.61 Å². The van der Waals surface area contributed by atoms with Crippen molar-refractivity contribution in [2.24, 2.45) is 0 Å². The van der Waals surface area contributed by atoms with Gasteiger partial charge in [-0.15, -0.1) is 0 Å². The number of nitrogens with one attached hydrogen (secondary N) is 2. The molecule has 3 aromatic carbocycles. The maximum atomic E-state index is 12.5. The molecule has 3 aromatic rings. The lowest BCUT2D eigenvalue weighted by Gasteiger charge is -2.18. The average Bonchev–Trinajstić information content (AvgIpc) is 2.79. The maximum absolute atomic E-state index is 12.5. The Morgan fingerprint density at radius 1 is 0.909 bits per heavy atom. The Kier molecular flexibility index (Phi) is 7.89. The molecule has 0 radical (unpaired) electrons. The monoisotopic (exact) mass is 466 g/mol. The summed E-state index contributed by atoms with van der Waals surface area (Å²) in [7, 11) is -3.65. The first-order valence-electron chi connectivity index (χ1n) is 10.8. The molecule has 0 saturated heterocycles. The molecule has 174 valence electrons. The van der Waals surface area contributed by atoms with Gasteiger partial charge in [0.15, 0.2) is 6.61 Å². The fourth-order valence-corrected chi connectivity index (χ4v) is 4.55. The van der Waals surface area contributed by atoms with Gasteiger partial charge in [-0.05, 0) is 79.8 Å². The van der Waals surface area contributed by atoms with E-state index in [0.29, 0.717) is 5.75 Å². The molecule has 33 heavy (non-hydrogen) atoms. The minimum Gasteiger partial charge on any atom is -0.484 e. The average molecular weight is 467 g/mol. The third-order valence-electron chi connectivity index (χ3n) is 5.54. The minimum atomic E-state index is -3.65. The summed E-state index contributed by atoms with van der Waals surface area (Å²) in [5.41, 5.74) is 5.48. The summed E-state index contributed by atoms with van der Waals surface area (Å²) >= 11 is 0. The highest BCUT2D eigenvalue weighted by molar-refractivity contribution is 7.89. The van der Waals surface area contributed by atoms with Crippen LogP contribution in [0.3, 0.4) is 0 Å². The van der Waals surface area contributed by atoms with Gasteiger partial charge in [0.1, 0.15) is 5.75 Å². The van der Waals surface area contributed by atoms with E-state index in [4.69, 9.17) is 4.74 Å². The van der Waals surface area contributed by atoms with Gasteiger partial charge in [-0.25, -0.2) is 13.1 Å². The number of ether oxygens (including phenoxy) is 1. The smallest absolute Gasteiger partial charge is 0.258 e. The first kappa shape index (κ1) is 24.5. The zero-order chi connectivity index (χ0) is 24.0.